The lowest BCUT2D eigenvalue weighted by molar-refractivity contribution is 0.0748. The lowest BCUT2D eigenvalue weighted by atomic mass is 10.1. The van der Waals surface area contributed by atoms with E-state index in [1.807, 2.05) is 25.1 Å². The SMILES string of the molecule is CCN(Cc1nc2cc(OC)c(OC)cc2c(=O)[nH]1)C(=O)c1cccc(COC)c1. The van der Waals surface area contributed by atoms with Crippen LogP contribution in [0.1, 0.15) is 28.7 Å². The molecule has 0 unspecified atom stereocenters. The third-order valence-electron chi connectivity index (χ3n) is 4.75. The summed E-state index contributed by atoms with van der Waals surface area (Å²) in [5.41, 5.74) is 1.64. The minimum Gasteiger partial charge on any atom is -0.493 e. The third kappa shape index (κ3) is 4.44. The molecule has 3 aromatic rings. The Hall–Kier alpha value is -3.39. The molecule has 1 heterocycles. The molecule has 3 rings (SSSR count). The van der Waals surface area contributed by atoms with Crippen LogP contribution >= 0.6 is 0 Å². The van der Waals surface area contributed by atoms with Crippen molar-refractivity contribution < 1.29 is 19.0 Å². The number of nitrogens with zero attached hydrogens (tertiary/aromatic N) is 2. The smallest absolute Gasteiger partial charge is 0.258 e. The highest BCUT2D eigenvalue weighted by atomic mass is 16.5. The molecule has 0 fully saturated rings. The minimum absolute atomic E-state index is 0.148. The fraction of sp³-hybridized carbons (Fsp3) is 0.318. The van der Waals surface area contributed by atoms with Gasteiger partial charge in [0.1, 0.15) is 5.82 Å². The van der Waals surface area contributed by atoms with E-state index in [4.69, 9.17) is 14.2 Å². The summed E-state index contributed by atoms with van der Waals surface area (Å²) in [4.78, 5) is 34.5. The van der Waals surface area contributed by atoms with E-state index >= 15 is 0 Å². The van der Waals surface area contributed by atoms with Crippen LogP contribution in [0.25, 0.3) is 10.9 Å². The van der Waals surface area contributed by atoms with E-state index in [0.717, 1.165) is 5.56 Å². The van der Waals surface area contributed by atoms with Gasteiger partial charge in [0.05, 0.1) is 38.3 Å². The van der Waals surface area contributed by atoms with Crippen molar-refractivity contribution in [1.82, 2.24) is 14.9 Å². The van der Waals surface area contributed by atoms with Crippen molar-refractivity contribution >= 4 is 16.8 Å². The second-order valence-electron chi connectivity index (χ2n) is 6.69. The number of amides is 1. The van der Waals surface area contributed by atoms with Gasteiger partial charge in [0.2, 0.25) is 0 Å². The normalized spacial score (nSPS) is 10.8. The lowest BCUT2D eigenvalue weighted by Gasteiger charge is -2.21. The molecule has 0 radical (unpaired) electrons. The highest BCUT2D eigenvalue weighted by Crippen LogP contribution is 2.30. The largest absolute Gasteiger partial charge is 0.493 e. The fourth-order valence-corrected chi connectivity index (χ4v) is 3.24. The number of aromatic amines is 1. The Kier molecular flexibility index (Phi) is 6.68. The van der Waals surface area contributed by atoms with Crippen molar-refractivity contribution in [1.29, 1.82) is 0 Å². The molecule has 30 heavy (non-hydrogen) atoms. The summed E-state index contributed by atoms with van der Waals surface area (Å²) in [7, 11) is 4.64. The van der Waals surface area contributed by atoms with Gasteiger partial charge in [-0.15, -0.1) is 0 Å². The second-order valence-corrected chi connectivity index (χ2v) is 6.69. The number of hydrogen-bond acceptors (Lipinski definition) is 6. The molecule has 0 bridgehead atoms. The average Bonchev–Trinajstić information content (AvgIpc) is 2.76. The molecule has 0 spiro atoms. The van der Waals surface area contributed by atoms with E-state index in [1.54, 1.807) is 30.2 Å². The van der Waals surface area contributed by atoms with Gasteiger partial charge in [-0.05, 0) is 30.7 Å². The predicted molar refractivity (Wildman–Crippen MR) is 113 cm³/mol. The molecule has 2 aromatic carbocycles. The van der Waals surface area contributed by atoms with Crippen LogP contribution in [0.3, 0.4) is 0 Å². The Labute approximate surface area is 174 Å². The molecule has 1 aromatic heterocycles. The maximum Gasteiger partial charge on any atom is 0.258 e. The summed E-state index contributed by atoms with van der Waals surface area (Å²) >= 11 is 0. The molecule has 0 aliphatic rings. The average molecular weight is 411 g/mol. The number of aromatic nitrogens is 2. The van der Waals surface area contributed by atoms with E-state index < -0.39 is 0 Å². The summed E-state index contributed by atoms with van der Waals surface area (Å²) in [6.45, 7) is 2.94. The number of benzene rings is 2. The molecule has 8 heteroatoms. The highest BCUT2D eigenvalue weighted by Gasteiger charge is 2.17. The molecule has 1 amide bonds. The number of fused-ring (bicyclic) bond motifs is 1. The summed E-state index contributed by atoms with van der Waals surface area (Å²) in [6, 6.07) is 10.5. The molecule has 0 aliphatic heterocycles. The highest BCUT2D eigenvalue weighted by molar-refractivity contribution is 5.94. The topological polar surface area (TPSA) is 93.8 Å². The molecule has 8 nitrogen and oxygen atoms in total. The monoisotopic (exact) mass is 411 g/mol. The van der Waals surface area contributed by atoms with Crippen LogP contribution in [0.15, 0.2) is 41.2 Å². The van der Waals surface area contributed by atoms with Crippen molar-refractivity contribution in [2.24, 2.45) is 0 Å². The molecule has 0 aliphatic carbocycles. The van der Waals surface area contributed by atoms with Crippen molar-refractivity contribution in [2.75, 3.05) is 27.9 Å². The number of carbonyl (C=O) groups excluding carboxylic acids is 1. The van der Waals surface area contributed by atoms with Crippen molar-refractivity contribution in [2.45, 2.75) is 20.1 Å². The van der Waals surface area contributed by atoms with Crippen LogP contribution in [0.5, 0.6) is 11.5 Å². The van der Waals surface area contributed by atoms with E-state index in [1.165, 1.54) is 14.2 Å². The quantitative estimate of drug-likeness (QED) is 0.613. The van der Waals surface area contributed by atoms with Gasteiger partial charge in [-0.3, -0.25) is 9.59 Å². The van der Waals surface area contributed by atoms with E-state index in [-0.39, 0.29) is 18.0 Å². The van der Waals surface area contributed by atoms with Crippen LogP contribution < -0.4 is 15.0 Å². The maximum absolute atomic E-state index is 13.0. The second kappa shape index (κ2) is 9.41. The van der Waals surface area contributed by atoms with E-state index in [9.17, 15) is 9.59 Å². The first-order chi connectivity index (χ1) is 14.5. The Morgan fingerprint density at radius 3 is 2.50 bits per heavy atom. The molecule has 158 valence electrons. The van der Waals surface area contributed by atoms with Crippen molar-refractivity contribution in [3.63, 3.8) is 0 Å². The van der Waals surface area contributed by atoms with Gasteiger partial charge < -0.3 is 24.1 Å². The van der Waals surface area contributed by atoms with Crippen LogP contribution in [-0.2, 0) is 17.9 Å². The molecule has 0 saturated carbocycles. The zero-order valence-electron chi connectivity index (χ0n) is 17.5. The van der Waals surface area contributed by atoms with Gasteiger partial charge in [0.15, 0.2) is 11.5 Å². The molecule has 0 atom stereocenters. The molecular formula is C22H25N3O5. The third-order valence-corrected chi connectivity index (χ3v) is 4.75. The predicted octanol–water partition coefficient (Wildman–Crippen LogP) is 2.75. The zero-order valence-corrected chi connectivity index (χ0v) is 17.5. The van der Waals surface area contributed by atoms with Crippen molar-refractivity contribution in [3.8, 4) is 11.5 Å². The Morgan fingerprint density at radius 2 is 1.83 bits per heavy atom. The van der Waals surface area contributed by atoms with Gasteiger partial charge in [0, 0.05) is 25.3 Å². The summed E-state index contributed by atoms with van der Waals surface area (Å²) in [5, 5.41) is 0.387. The number of H-pyrrole nitrogens is 1. The van der Waals surface area contributed by atoms with Crippen LogP contribution in [0, 0.1) is 0 Å². The summed E-state index contributed by atoms with van der Waals surface area (Å²) < 4.78 is 15.7. The van der Waals surface area contributed by atoms with Crippen molar-refractivity contribution in [3.05, 3.63) is 63.7 Å². The van der Waals surface area contributed by atoms with Crippen LogP contribution in [0.2, 0.25) is 0 Å². The van der Waals surface area contributed by atoms with Gasteiger partial charge in [-0.2, -0.15) is 0 Å². The zero-order chi connectivity index (χ0) is 21.7. The number of carbonyl (C=O) groups is 1. The Morgan fingerprint density at radius 1 is 1.10 bits per heavy atom. The Balaban J connectivity index is 1.92. The molecule has 0 saturated heterocycles. The van der Waals surface area contributed by atoms with Gasteiger partial charge >= 0.3 is 0 Å². The first-order valence-electron chi connectivity index (χ1n) is 9.52. The van der Waals surface area contributed by atoms with E-state index in [0.29, 0.717) is 46.9 Å². The van der Waals surface area contributed by atoms with Gasteiger partial charge in [-0.1, -0.05) is 12.1 Å². The summed E-state index contributed by atoms with van der Waals surface area (Å²) in [5.74, 6) is 1.17. The lowest BCUT2D eigenvalue weighted by Crippen LogP contribution is -2.32. The minimum atomic E-state index is -0.304. The van der Waals surface area contributed by atoms with E-state index in [2.05, 4.69) is 9.97 Å². The van der Waals surface area contributed by atoms with Gasteiger partial charge in [0.25, 0.3) is 11.5 Å². The van der Waals surface area contributed by atoms with Crippen LogP contribution in [-0.4, -0.2) is 48.6 Å². The number of methoxy groups -OCH3 is 3. The number of ether oxygens (including phenoxy) is 3. The molecular weight excluding hydrogens is 386 g/mol. The van der Waals surface area contributed by atoms with Crippen LogP contribution in [0.4, 0.5) is 0 Å². The number of rotatable bonds is 8. The first kappa shape index (κ1) is 21.3. The van der Waals surface area contributed by atoms with Gasteiger partial charge in [-0.25, -0.2) is 4.98 Å². The summed E-state index contributed by atoms with van der Waals surface area (Å²) in [6.07, 6.45) is 0. The molecule has 1 N–H and O–H groups in total. The fourth-order valence-electron chi connectivity index (χ4n) is 3.24. The number of nitrogens with one attached hydrogen (secondary N) is 1. The maximum atomic E-state index is 13.0. The standard InChI is InChI=1S/C22H25N3O5/c1-5-25(22(27)15-8-6-7-14(9-15)13-28-2)12-20-23-17-11-19(30-4)18(29-3)10-16(17)21(26)24-20/h6-11H,5,12-13H2,1-4H3,(H,23,24,26). The Bertz CT molecular complexity index is 1110. The first-order valence-corrected chi connectivity index (χ1v) is 9.52. The number of hydrogen-bond donors (Lipinski definition) is 1.